The second-order valence-electron chi connectivity index (χ2n) is 14.9. The number of amides is 3. The maximum Gasteiger partial charge on any atom is 0.408 e. The summed E-state index contributed by atoms with van der Waals surface area (Å²) < 4.78 is 45.8. The lowest BCUT2D eigenvalue weighted by atomic mass is 9.93. The van der Waals surface area contributed by atoms with E-state index in [2.05, 4.69) is 20.7 Å². The van der Waals surface area contributed by atoms with Gasteiger partial charge in [-0.25, -0.2) is 22.8 Å². The number of hydrogen-bond acceptors (Lipinski definition) is 10. The van der Waals surface area contributed by atoms with E-state index in [1.165, 1.54) is 12.1 Å². The zero-order valence-corrected chi connectivity index (χ0v) is 34.9. The molecule has 3 amide bonds. The zero-order chi connectivity index (χ0) is 43.1. The van der Waals surface area contributed by atoms with Gasteiger partial charge < -0.3 is 35.1 Å². The Kier molecular flexibility index (Phi) is 15.5. The number of nitrogens with one attached hydrogen (secondary N) is 4. The Labute approximate surface area is 350 Å². The predicted molar refractivity (Wildman–Crippen MR) is 231 cm³/mol. The second kappa shape index (κ2) is 20.9. The molecule has 5 aromatic carbocycles. The summed E-state index contributed by atoms with van der Waals surface area (Å²) in [4.78, 5) is 53.7. The third-order valence-electron chi connectivity index (χ3n) is 9.41. The van der Waals surface area contributed by atoms with Gasteiger partial charge in [0.2, 0.25) is 5.91 Å². The molecule has 0 aliphatic rings. The summed E-state index contributed by atoms with van der Waals surface area (Å²) in [6.45, 7) is 3.28. The van der Waals surface area contributed by atoms with Crippen LogP contribution in [0, 0.1) is 5.41 Å². The van der Waals surface area contributed by atoms with Crippen LogP contribution in [0.2, 0.25) is 0 Å². The van der Waals surface area contributed by atoms with Crippen molar-refractivity contribution in [3.63, 3.8) is 0 Å². The molecular weight excluding hydrogens is 787 g/mol. The Hall–Kier alpha value is -6.61. The first kappa shape index (κ1) is 44.5. The van der Waals surface area contributed by atoms with Gasteiger partial charge in [0.25, 0.3) is 10.0 Å². The Morgan fingerprint density at radius 1 is 0.667 bits per heavy atom. The molecule has 14 nitrogen and oxygen atoms in total. The van der Waals surface area contributed by atoms with Gasteiger partial charge in [0, 0.05) is 48.5 Å². The topological polar surface area (TPSA) is 181 Å². The van der Waals surface area contributed by atoms with Gasteiger partial charge in [0.05, 0.1) is 10.3 Å². The van der Waals surface area contributed by atoms with Gasteiger partial charge >= 0.3 is 18.2 Å². The van der Waals surface area contributed by atoms with Gasteiger partial charge in [0.15, 0.2) is 0 Å². The number of rotatable bonds is 19. The fourth-order valence-electron chi connectivity index (χ4n) is 6.03. The van der Waals surface area contributed by atoms with Crippen molar-refractivity contribution < 1.29 is 41.8 Å². The quantitative estimate of drug-likeness (QED) is 0.0367. The molecule has 0 aromatic heterocycles. The molecule has 1 atom stereocenters. The fraction of sp³-hybridized carbons (Fsp3) is 0.289. The Balaban J connectivity index is 1.13. The second-order valence-corrected chi connectivity index (χ2v) is 16.5. The number of unbranched alkanes of at least 4 members (excludes halogenated alkanes) is 1. The number of carbonyl (C=O) groups excluding carboxylic acids is 4. The predicted octanol–water partition coefficient (Wildman–Crippen LogP) is 7.61. The fourth-order valence-corrected chi connectivity index (χ4v) is 7.31. The highest BCUT2D eigenvalue weighted by Gasteiger charge is 2.32. The number of esters is 1. The van der Waals surface area contributed by atoms with Crippen LogP contribution in [-0.2, 0) is 47.0 Å². The average Bonchev–Trinajstić information content (AvgIpc) is 3.24. The maximum atomic E-state index is 13.5. The van der Waals surface area contributed by atoms with Gasteiger partial charge in [-0.3, -0.25) is 9.52 Å². The first-order valence-corrected chi connectivity index (χ1v) is 20.9. The third-order valence-corrected chi connectivity index (χ3v) is 10.8. The van der Waals surface area contributed by atoms with E-state index in [0.29, 0.717) is 29.6 Å². The summed E-state index contributed by atoms with van der Waals surface area (Å²) in [5, 5.41) is 9.43. The minimum atomic E-state index is -3.97. The molecule has 0 heterocycles. The number of sulfonamides is 1. The number of anilines is 3. The maximum absolute atomic E-state index is 13.5. The lowest BCUT2D eigenvalue weighted by Gasteiger charge is -2.25. The normalized spacial score (nSPS) is 11.8. The third kappa shape index (κ3) is 12.9. The molecular formula is C45H51N5O9S. The molecule has 0 saturated carbocycles. The van der Waals surface area contributed by atoms with Crippen LogP contribution in [0.1, 0.15) is 44.2 Å². The molecule has 0 aliphatic heterocycles. The number of benzene rings is 5. The molecule has 316 valence electrons. The molecule has 0 aliphatic carbocycles. The lowest BCUT2D eigenvalue weighted by molar-refractivity contribution is -0.151. The minimum absolute atomic E-state index is 0.00840. The Morgan fingerprint density at radius 3 is 1.88 bits per heavy atom. The van der Waals surface area contributed by atoms with Crippen molar-refractivity contribution in [2.75, 3.05) is 42.2 Å². The SMILES string of the molecule is CN(C)c1cccc2c(S(=O)(=O)Nc3ccc(NC(=O)C(C)(C)COC(=O)[C@H](CCCCNC(=O)OCc4ccccc4)NC(=O)OCc4ccccc4)cc3)cccc12. The molecule has 5 rings (SSSR count). The smallest absolute Gasteiger partial charge is 0.408 e. The summed E-state index contributed by atoms with van der Waals surface area (Å²) in [6.07, 6.45) is -0.330. The van der Waals surface area contributed by atoms with E-state index in [1.807, 2.05) is 85.7 Å². The van der Waals surface area contributed by atoms with Crippen LogP contribution in [0.15, 0.2) is 126 Å². The van der Waals surface area contributed by atoms with Crippen LogP contribution in [-0.4, -0.2) is 65.8 Å². The number of fused-ring (bicyclic) bond motifs is 1. The zero-order valence-electron chi connectivity index (χ0n) is 34.1. The molecule has 4 N–H and O–H groups in total. The van der Waals surface area contributed by atoms with Crippen LogP contribution < -0.4 is 25.6 Å². The van der Waals surface area contributed by atoms with Crippen LogP contribution >= 0.6 is 0 Å². The highest BCUT2D eigenvalue weighted by molar-refractivity contribution is 7.93. The Morgan fingerprint density at radius 2 is 1.25 bits per heavy atom. The van der Waals surface area contributed by atoms with E-state index in [9.17, 15) is 27.6 Å². The van der Waals surface area contributed by atoms with E-state index in [4.69, 9.17) is 14.2 Å². The van der Waals surface area contributed by atoms with Crippen LogP contribution in [0.5, 0.6) is 0 Å². The number of hydrogen-bond donors (Lipinski definition) is 4. The van der Waals surface area contributed by atoms with Gasteiger partial charge in [-0.1, -0.05) is 84.9 Å². The average molecular weight is 838 g/mol. The van der Waals surface area contributed by atoms with Gasteiger partial charge in [-0.15, -0.1) is 0 Å². The number of nitrogens with zero attached hydrogens (tertiary/aromatic N) is 1. The molecule has 0 bridgehead atoms. The molecule has 60 heavy (non-hydrogen) atoms. The summed E-state index contributed by atoms with van der Waals surface area (Å²) in [7, 11) is -0.184. The summed E-state index contributed by atoms with van der Waals surface area (Å²) in [5.41, 5.74) is 1.98. The largest absolute Gasteiger partial charge is 0.463 e. The van der Waals surface area contributed by atoms with E-state index >= 15 is 0 Å². The Bertz CT molecular complexity index is 2340. The van der Waals surface area contributed by atoms with E-state index in [0.717, 1.165) is 22.2 Å². The van der Waals surface area contributed by atoms with Crippen molar-refractivity contribution in [2.45, 2.75) is 57.3 Å². The highest BCUT2D eigenvalue weighted by atomic mass is 32.2. The van der Waals surface area contributed by atoms with Gasteiger partial charge in [-0.05, 0) is 80.6 Å². The molecule has 0 spiro atoms. The van der Waals surface area contributed by atoms with E-state index in [-0.39, 0.29) is 37.7 Å². The van der Waals surface area contributed by atoms with Crippen molar-refractivity contribution in [1.82, 2.24) is 10.6 Å². The summed E-state index contributed by atoms with van der Waals surface area (Å²) >= 11 is 0. The van der Waals surface area contributed by atoms with E-state index in [1.54, 1.807) is 56.3 Å². The monoisotopic (exact) mass is 837 g/mol. The van der Waals surface area contributed by atoms with Gasteiger partial charge in [-0.2, -0.15) is 0 Å². The molecule has 5 aromatic rings. The molecule has 0 unspecified atom stereocenters. The number of carbonyl (C=O) groups is 4. The van der Waals surface area contributed by atoms with Crippen molar-refractivity contribution in [3.8, 4) is 0 Å². The van der Waals surface area contributed by atoms with Crippen LogP contribution in [0.25, 0.3) is 10.8 Å². The van der Waals surface area contributed by atoms with Crippen LogP contribution in [0.4, 0.5) is 26.7 Å². The summed E-state index contributed by atoms with van der Waals surface area (Å²) in [6, 6.07) is 34.1. The lowest BCUT2D eigenvalue weighted by Crippen LogP contribution is -2.44. The molecule has 0 saturated heterocycles. The first-order chi connectivity index (χ1) is 28.7. The molecule has 0 fully saturated rings. The number of ether oxygens (including phenoxy) is 3. The standard InChI is InChI=1S/C45H51N5O9S/c1-45(2,42(52)47-34-24-26-35(27-25-34)49-60(55,56)40-23-14-19-36-37(40)20-13-22-39(36)50(3)4)31-59-41(51)38(48-44(54)58-30-33-17-9-6-10-18-33)21-11-12-28-46-43(53)57-29-32-15-7-5-8-16-32/h5-10,13-20,22-27,38,49H,11-12,21,28-31H2,1-4H3,(H,46,53)(H,47,52)(H,48,54)/t38-/m0/s1. The van der Waals surface area contributed by atoms with Crippen molar-refractivity contribution >= 4 is 61.9 Å². The highest BCUT2D eigenvalue weighted by Crippen LogP contribution is 2.31. The van der Waals surface area contributed by atoms with E-state index < -0.39 is 45.5 Å². The van der Waals surface area contributed by atoms with Crippen molar-refractivity contribution in [2.24, 2.45) is 5.41 Å². The summed E-state index contributed by atoms with van der Waals surface area (Å²) in [5.74, 6) is -1.23. The first-order valence-electron chi connectivity index (χ1n) is 19.4. The molecule has 15 heteroatoms. The number of alkyl carbamates (subject to hydrolysis) is 2. The van der Waals surface area contributed by atoms with Crippen LogP contribution in [0.3, 0.4) is 0 Å². The van der Waals surface area contributed by atoms with Crippen molar-refractivity contribution in [1.29, 1.82) is 0 Å². The minimum Gasteiger partial charge on any atom is -0.463 e. The molecule has 0 radical (unpaired) electrons. The van der Waals surface area contributed by atoms with Gasteiger partial charge in [0.1, 0.15) is 25.9 Å². The van der Waals surface area contributed by atoms with Crippen molar-refractivity contribution in [3.05, 3.63) is 132 Å².